The Hall–Kier alpha value is -1.42. The van der Waals surface area contributed by atoms with Crippen molar-refractivity contribution >= 4 is 56.2 Å². The summed E-state index contributed by atoms with van der Waals surface area (Å²) in [6, 6.07) is 11.7. The van der Waals surface area contributed by atoms with E-state index in [0.29, 0.717) is 53.7 Å². The largest absolute Gasteiger partial charge is 0.379 e. The van der Waals surface area contributed by atoms with Gasteiger partial charge in [0, 0.05) is 35.4 Å². The molecule has 0 bridgehead atoms. The van der Waals surface area contributed by atoms with Crippen LogP contribution in [-0.2, 0) is 21.3 Å². The van der Waals surface area contributed by atoms with E-state index in [1.54, 1.807) is 36.4 Å². The van der Waals surface area contributed by atoms with Crippen LogP contribution in [0.15, 0.2) is 47.4 Å². The first-order valence-electron chi connectivity index (χ1n) is 8.53. The Labute approximate surface area is 179 Å². The second-order valence-corrected chi connectivity index (χ2v) is 9.27. The Kier molecular flexibility index (Phi) is 7.14. The van der Waals surface area contributed by atoms with E-state index in [-0.39, 0.29) is 4.90 Å². The third-order valence-corrected chi connectivity index (χ3v) is 6.92. The third kappa shape index (κ3) is 5.34. The Morgan fingerprint density at radius 3 is 2.43 bits per heavy atom. The number of rotatable bonds is 5. The number of nitrogens with one attached hydrogen (secondary N) is 2. The van der Waals surface area contributed by atoms with E-state index in [4.69, 9.17) is 40.2 Å². The number of hydrogen-bond acceptors (Lipinski definition) is 4. The quantitative estimate of drug-likeness (QED) is 0.666. The summed E-state index contributed by atoms with van der Waals surface area (Å²) in [6.07, 6.45) is 0. The van der Waals surface area contributed by atoms with E-state index in [1.165, 1.54) is 4.31 Å². The number of morpholine rings is 1. The molecule has 1 aliphatic rings. The van der Waals surface area contributed by atoms with Crippen molar-refractivity contribution in [2.45, 2.75) is 11.4 Å². The minimum absolute atomic E-state index is 0.242. The lowest BCUT2D eigenvalue weighted by atomic mass is 10.2. The molecule has 2 aromatic rings. The fourth-order valence-corrected chi connectivity index (χ4v) is 4.74. The lowest BCUT2D eigenvalue weighted by Gasteiger charge is -2.26. The first kappa shape index (κ1) is 21.3. The zero-order valence-electron chi connectivity index (χ0n) is 14.8. The van der Waals surface area contributed by atoms with Gasteiger partial charge in [-0.2, -0.15) is 4.31 Å². The van der Waals surface area contributed by atoms with Gasteiger partial charge < -0.3 is 15.4 Å². The second kappa shape index (κ2) is 9.39. The maximum atomic E-state index is 12.6. The number of sulfonamides is 1. The van der Waals surface area contributed by atoms with Gasteiger partial charge in [-0.25, -0.2) is 8.42 Å². The molecule has 0 amide bonds. The number of thiocarbonyl (C=S) groups is 1. The summed E-state index contributed by atoms with van der Waals surface area (Å²) in [5.41, 5.74) is 1.54. The summed E-state index contributed by atoms with van der Waals surface area (Å²) >= 11 is 17.3. The van der Waals surface area contributed by atoms with Crippen molar-refractivity contribution in [2.75, 3.05) is 31.6 Å². The van der Waals surface area contributed by atoms with E-state index in [9.17, 15) is 8.42 Å². The molecule has 150 valence electrons. The van der Waals surface area contributed by atoms with E-state index in [0.717, 1.165) is 5.56 Å². The van der Waals surface area contributed by atoms with Gasteiger partial charge in [-0.3, -0.25) is 0 Å². The molecule has 1 saturated heterocycles. The zero-order chi connectivity index (χ0) is 20.1. The van der Waals surface area contributed by atoms with Crippen LogP contribution < -0.4 is 10.6 Å². The van der Waals surface area contributed by atoms with Crippen LogP contribution in [0.2, 0.25) is 10.0 Å². The average molecular weight is 460 g/mol. The first-order chi connectivity index (χ1) is 13.4. The van der Waals surface area contributed by atoms with Crippen molar-refractivity contribution in [3.63, 3.8) is 0 Å². The van der Waals surface area contributed by atoms with Crippen LogP contribution in [0.1, 0.15) is 5.56 Å². The molecule has 0 saturated carbocycles. The second-order valence-electron chi connectivity index (χ2n) is 6.08. The van der Waals surface area contributed by atoms with Crippen LogP contribution in [0.4, 0.5) is 5.69 Å². The van der Waals surface area contributed by atoms with Gasteiger partial charge in [0.2, 0.25) is 10.0 Å². The number of ether oxygens (including phenoxy) is 1. The Morgan fingerprint density at radius 2 is 1.79 bits per heavy atom. The highest BCUT2D eigenvalue weighted by Gasteiger charge is 2.26. The molecule has 0 aromatic heterocycles. The molecule has 2 aromatic carbocycles. The molecular weight excluding hydrogens is 441 g/mol. The molecule has 3 rings (SSSR count). The molecule has 0 atom stereocenters. The molecule has 1 aliphatic heterocycles. The molecule has 0 spiro atoms. The van der Waals surface area contributed by atoms with Gasteiger partial charge in [-0.05, 0) is 54.2 Å². The van der Waals surface area contributed by atoms with Crippen LogP contribution in [0.5, 0.6) is 0 Å². The molecule has 0 unspecified atom stereocenters. The lowest BCUT2D eigenvalue weighted by molar-refractivity contribution is 0.0730. The highest BCUT2D eigenvalue weighted by Crippen LogP contribution is 2.21. The van der Waals surface area contributed by atoms with Crippen molar-refractivity contribution in [3.05, 3.63) is 58.1 Å². The average Bonchev–Trinajstić information content (AvgIpc) is 2.68. The van der Waals surface area contributed by atoms with Crippen LogP contribution >= 0.6 is 35.4 Å². The fourth-order valence-electron chi connectivity index (χ4n) is 2.66. The van der Waals surface area contributed by atoms with Gasteiger partial charge in [0.1, 0.15) is 0 Å². The molecule has 0 aliphatic carbocycles. The van der Waals surface area contributed by atoms with Crippen molar-refractivity contribution in [2.24, 2.45) is 0 Å². The molecule has 0 radical (unpaired) electrons. The van der Waals surface area contributed by atoms with Crippen LogP contribution in [-0.4, -0.2) is 44.1 Å². The van der Waals surface area contributed by atoms with E-state index < -0.39 is 10.0 Å². The van der Waals surface area contributed by atoms with Gasteiger partial charge in [-0.15, -0.1) is 0 Å². The minimum atomic E-state index is -3.51. The Morgan fingerprint density at radius 1 is 1.11 bits per heavy atom. The predicted molar refractivity (Wildman–Crippen MR) is 116 cm³/mol. The van der Waals surface area contributed by atoms with Crippen molar-refractivity contribution in [1.82, 2.24) is 9.62 Å². The summed E-state index contributed by atoms with van der Waals surface area (Å²) in [7, 11) is -3.51. The summed E-state index contributed by atoms with van der Waals surface area (Å²) in [4.78, 5) is 0.242. The highest BCUT2D eigenvalue weighted by molar-refractivity contribution is 7.89. The number of nitrogens with zero attached hydrogens (tertiary/aromatic N) is 1. The van der Waals surface area contributed by atoms with Crippen LogP contribution in [0.25, 0.3) is 0 Å². The van der Waals surface area contributed by atoms with Crippen LogP contribution in [0, 0.1) is 0 Å². The van der Waals surface area contributed by atoms with Gasteiger partial charge in [0.15, 0.2) is 5.11 Å². The molecule has 10 heteroatoms. The van der Waals surface area contributed by atoms with Crippen LogP contribution in [0.3, 0.4) is 0 Å². The van der Waals surface area contributed by atoms with E-state index in [1.807, 2.05) is 6.07 Å². The summed E-state index contributed by atoms with van der Waals surface area (Å²) in [6.45, 7) is 1.99. The first-order valence-corrected chi connectivity index (χ1v) is 11.1. The molecule has 6 nitrogen and oxygen atoms in total. The SMILES string of the molecule is O=S(=O)(c1ccc(NC(=S)NCc2ccc(Cl)cc2Cl)cc1)N1CCOCC1. The van der Waals surface area contributed by atoms with Crippen molar-refractivity contribution < 1.29 is 13.2 Å². The molecule has 2 N–H and O–H groups in total. The molecule has 1 fully saturated rings. The summed E-state index contributed by atoms with van der Waals surface area (Å²) < 4.78 is 31.9. The fraction of sp³-hybridized carbons (Fsp3) is 0.278. The van der Waals surface area contributed by atoms with Gasteiger partial charge in [-0.1, -0.05) is 29.3 Å². The predicted octanol–water partition coefficient (Wildman–Crippen LogP) is 3.50. The number of halogens is 2. The van der Waals surface area contributed by atoms with E-state index in [2.05, 4.69) is 10.6 Å². The highest BCUT2D eigenvalue weighted by atomic mass is 35.5. The Bertz CT molecular complexity index is 947. The summed E-state index contributed by atoms with van der Waals surface area (Å²) in [5.74, 6) is 0. The summed E-state index contributed by atoms with van der Waals surface area (Å²) in [5, 5.41) is 7.61. The minimum Gasteiger partial charge on any atom is -0.379 e. The number of benzene rings is 2. The number of anilines is 1. The standard InChI is InChI=1S/C18H19Cl2N3O3S2/c19-14-2-1-13(17(20)11-14)12-21-18(27)22-15-3-5-16(6-4-15)28(24,25)23-7-9-26-10-8-23/h1-6,11H,7-10,12H2,(H2,21,22,27). The maximum absolute atomic E-state index is 12.6. The van der Waals surface area contributed by atoms with Gasteiger partial charge in [0.25, 0.3) is 0 Å². The normalized spacial score (nSPS) is 15.2. The van der Waals surface area contributed by atoms with Gasteiger partial charge >= 0.3 is 0 Å². The monoisotopic (exact) mass is 459 g/mol. The molecule has 28 heavy (non-hydrogen) atoms. The smallest absolute Gasteiger partial charge is 0.243 e. The maximum Gasteiger partial charge on any atom is 0.243 e. The van der Waals surface area contributed by atoms with Crippen molar-refractivity contribution in [3.8, 4) is 0 Å². The van der Waals surface area contributed by atoms with Crippen molar-refractivity contribution in [1.29, 1.82) is 0 Å². The Balaban J connectivity index is 1.58. The van der Waals surface area contributed by atoms with E-state index >= 15 is 0 Å². The molecule has 1 heterocycles. The molecular formula is C18H19Cl2N3O3S2. The zero-order valence-corrected chi connectivity index (χ0v) is 18.0. The third-order valence-electron chi connectivity index (χ3n) is 4.17. The topological polar surface area (TPSA) is 70.7 Å². The lowest BCUT2D eigenvalue weighted by Crippen LogP contribution is -2.40. The van der Waals surface area contributed by atoms with Gasteiger partial charge in [0.05, 0.1) is 18.1 Å². The number of hydrogen-bond donors (Lipinski definition) is 2.